The van der Waals surface area contributed by atoms with Gasteiger partial charge >= 0.3 is 0 Å². The molecule has 1 N–H and O–H groups in total. The van der Waals surface area contributed by atoms with E-state index in [0.29, 0.717) is 29.4 Å². The van der Waals surface area contributed by atoms with Gasteiger partial charge in [-0.2, -0.15) is 0 Å². The Labute approximate surface area is 141 Å². The summed E-state index contributed by atoms with van der Waals surface area (Å²) in [6.07, 6.45) is 8.50. The minimum Gasteiger partial charge on any atom is -0.376 e. The molecule has 0 bridgehead atoms. The van der Waals surface area contributed by atoms with E-state index in [2.05, 4.69) is 34.1 Å². The molecule has 2 aromatic heterocycles. The molecule has 0 radical (unpaired) electrons. The molecule has 3 rings (SSSR count). The van der Waals surface area contributed by atoms with Crippen molar-refractivity contribution in [2.75, 3.05) is 5.32 Å². The van der Waals surface area contributed by atoms with E-state index in [1.54, 1.807) is 12.4 Å². The predicted octanol–water partition coefficient (Wildman–Crippen LogP) is 4.13. The quantitative estimate of drug-likeness (QED) is 0.852. The average Bonchev–Trinajstić information content (AvgIpc) is 2.53. The molecule has 0 aliphatic heterocycles. The second-order valence-corrected chi connectivity index (χ2v) is 6.85. The van der Waals surface area contributed by atoms with Gasteiger partial charge in [0.2, 0.25) is 5.95 Å². The number of anilines is 1. The van der Waals surface area contributed by atoms with Crippen LogP contribution in [-0.2, 0) is 4.74 Å². The Balaban J connectivity index is 1.67. The zero-order valence-electron chi connectivity index (χ0n) is 13.8. The molecule has 0 unspecified atom stereocenters. The van der Waals surface area contributed by atoms with E-state index in [-0.39, 0.29) is 0 Å². The number of ether oxygens (including phenoxy) is 1. The van der Waals surface area contributed by atoms with Gasteiger partial charge in [-0.3, -0.25) is 0 Å². The number of aromatic nitrogens is 3. The van der Waals surface area contributed by atoms with E-state index in [1.165, 1.54) is 0 Å². The standard InChI is InChI=1S/C17H23ClN4O/c1-10(2)23-13-6-4-12(5-7-13)21-17-20-9-14-15(22-17)11(3)8-19-16(14)18/h8-10,12-13H,4-7H2,1-3H3,(H,20,21,22)/t12-,13-. The first-order valence-electron chi connectivity index (χ1n) is 8.22. The minimum atomic E-state index is 0.301. The van der Waals surface area contributed by atoms with Gasteiger partial charge in [0, 0.05) is 18.4 Å². The minimum absolute atomic E-state index is 0.301. The molecule has 0 aromatic carbocycles. The monoisotopic (exact) mass is 334 g/mol. The fourth-order valence-electron chi connectivity index (χ4n) is 3.10. The van der Waals surface area contributed by atoms with Crippen molar-refractivity contribution in [3.8, 4) is 0 Å². The van der Waals surface area contributed by atoms with Crippen LogP contribution in [0.1, 0.15) is 45.1 Å². The normalized spacial score (nSPS) is 21.8. The Hall–Kier alpha value is -1.46. The summed E-state index contributed by atoms with van der Waals surface area (Å²) in [5.41, 5.74) is 1.86. The number of halogens is 1. The molecule has 1 aliphatic carbocycles. The van der Waals surface area contributed by atoms with E-state index in [0.717, 1.165) is 42.1 Å². The number of hydrogen-bond acceptors (Lipinski definition) is 5. The molecule has 2 heterocycles. The van der Waals surface area contributed by atoms with Crippen LogP contribution in [0.5, 0.6) is 0 Å². The van der Waals surface area contributed by atoms with Crippen LogP contribution < -0.4 is 5.32 Å². The lowest BCUT2D eigenvalue weighted by Crippen LogP contribution is -2.31. The van der Waals surface area contributed by atoms with E-state index in [4.69, 9.17) is 16.3 Å². The zero-order valence-corrected chi connectivity index (χ0v) is 14.6. The van der Waals surface area contributed by atoms with Crippen LogP contribution in [-0.4, -0.2) is 33.2 Å². The van der Waals surface area contributed by atoms with Crippen molar-refractivity contribution in [2.45, 2.75) is 64.7 Å². The summed E-state index contributed by atoms with van der Waals surface area (Å²) >= 11 is 6.11. The fourth-order valence-corrected chi connectivity index (χ4v) is 3.28. The van der Waals surface area contributed by atoms with Gasteiger partial charge in [0.1, 0.15) is 5.15 Å². The van der Waals surface area contributed by atoms with Crippen LogP contribution in [0.2, 0.25) is 5.15 Å². The lowest BCUT2D eigenvalue weighted by molar-refractivity contribution is -0.0133. The fraction of sp³-hybridized carbons (Fsp3) is 0.588. The third-order valence-electron chi connectivity index (χ3n) is 4.23. The first-order chi connectivity index (χ1) is 11.0. The first kappa shape index (κ1) is 16.4. The van der Waals surface area contributed by atoms with Crippen LogP contribution in [0.4, 0.5) is 5.95 Å². The molecule has 0 amide bonds. The summed E-state index contributed by atoms with van der Waals surface area (Å²) in [7, 11) is 0. The Morgan fingerprint density at radius 2 is 1.91 bits per heavy atom. The number of nitrogens with one attached hydrogen (secondary N) is 1. The van der Waals surface area contributed by atoms with E-state index >= 15 is 0 Å². The molecular formula is C17H23ClN4O. The molecule has 2 aromatic rings. The third kappa shape index (κ3) is 3.90. The molecule has 1 fully saturated rings. The Morgan fingerprint density at radius 1 is 1.17 bits per heavy atom. The first-order valence-corrected chi connectivity index (χ1v) is 8.60. The summed E-state index contributed by atoms with van der Waals surface area (Å²) < 4.78 is 5.90. The highest BCUT2D eigenvalue weighted by Gasteiger charge is 2.23. The van der Waals surface area contributed by atoms with Gasteiger partial charge < -0.3 is 10.1 Å². The van der Waals surface area contributed by atoms with Gasteiger partial charge in [-0.05, 0) is 52.0 Å². The molecule has 5 nitrogen and oxygen atoms in total. The summed E-state index contributed by atoms with van der Waals surface area (Å²) in [6, 6.07) is 0.400. The van der Waals surface area contributed by atoms with Crippen LogP contribution in [0.15, 0.2) is 12.4 Å². The molecule has 0 saturated heterocycles. The van der Waals surface area contributed by atoms with Crippen molar-refractivity contribution in [2.24, 2.45) is 0 Å². The van der Waals surface area contributed by atoms with Crippen molar-refractivity contribution in [1.29, 1.82) is 0 Å². The second-order valence-electron chi connectivity index (χ2n) is 6.49. The number of hydrogen-bond donors (Lipinski definition) is 1. The van der Waals surface area contributed by atoms with Gasteiger partial charge in [-0.15, -0.1) is 0 Å². The van der Waals surface area contributed by atoms with Crippen LogP contribution in [0, 0.1) is 6.92 Å². The zero-order chi connectivity index (χ0) is 16.4. The topological polar surface area (TPSA) is 59.9 Å². The van der Waals surface area contributed by atoms with Crippen molar-refractivity contribution >= 4 is 28.5 Å². The molecule has 6 heteroatoms. The summed E-state index contributed by atoms with van der Waals surface area (Å²) in [4.78, 5) is 13.1. The van der Waals surface area contributed by atoms with Gasteiger partial charge in [-0.1, -0.05) is 11.6 Å². The second kappa shape index (κ2) is 6.97. The number of nitrogens with zero attached hydrogens (tertiary/aromatic N) is 3. The smallest absolute Gasteiger partial charge is 0.223 e. The highest BCUT2D eigenvalue weighted by molar-refractivity contribution is 6.34. The Bertz CT molecular complexity index is 684. The number of aryl methyl sites for hydroxylation is 1. The van der Waals surface area contributed by atoms with Gasteiger partial charge in [0.25, 0.3) is 0 Å². The SMILES string of the molecule is Cc1cnc(Cl)c2cnc(N[C@H]3CC[C@H](OC(C)C)CC3)nc12. The van der Waals surface area contributed by atoms with Crippen molar-refractivity contribution < 1.29 is 4.74 Å². The maximum atomic E-state index is 6.11. The largest absolute Gasteiger partial charge is 0.376 e. The molecule has 1 saturated carbocycles. The van der Waals surface area contributed by atoms with Gasteiger partial charge in [0.15, 0.2) is 0 Å². The van der Waals surface area contributed by atoms with E-state index in [1.807, 2.05) is 6.92 Å². The predicted molar refractivity (Wildman–Crippen MR) is 93.0 cm³/mol. The van der Waals surface area contributed by atoms with Gasteiger partial charge in [0.05, 0.1) is 23.1 Å². The molecule has 23 heavy (non-hydrogen) atoms. The number of fused-ring (bicyclic) bond motifs is 1. The van der Waals surface area contributed by atoms with Crippen molar-refractivity contribution in [1.82, 2.24) is 15.0 Å². The number of rotatable bonds is 4. The van der Waals surface area contributed by atoms with Crippen molar-refractivity contribution in [3.63, 3.8) is 0 Å². The summed E-state index contributed by atoms with van der Waals surface area (Å²) in [6.45, 7) is 6.17. The highest BCUT2D eigenvalue weighted by Crippen LogP contribution is 2.26. The van der Waals surface area contributed by atoms with E-state index in [9.17, 15) is 0 Å². The van der Waals surface area contributed by atoms with Crippen LogP contribution in [0.3, 0.4) is 0 Å². The third-order valence-corrected chi connectivity index (χ3v) is 4.53. The van der Waals surface area contributed by atoms with Gasteiger partial charge in [-0.25, -0.2) is 15.0 Å². The average molecular weight is 335 g/mol. The molecule has 0 atom stereocenters. The maximum absolute atomic E-state index is 6.11. The molecule has 124 valence electrons. The molecule has 1 aliphatic rings. The highest BCUT2D eigenvalue weighted by atomic mass is 35.5. The Kier molecular flexibility index (Phi) is 4.97. The van der Waals surface area contributed by atoms with Crippen LogP contribution >= 0.6 is 11.6 Å². The number of pyridine rings is 1. The van der Waals surface area contributed by atoms with Crippen molar-refractivity contribution in [3.05, 3.63) is 23.1 Å². The maximum Gasteiger partial charge on any atom is 0.223 e. The Morgan fingerprint density at radius 3 is 2.61 bits per heavy atom. The molecular weight excluding hydrogens is 312 g/mol. The summed E-state index contributed by atoms with van der Waals surface area (Å²) in [5.74, 6) is 0.663. The van der Waals surface area contributed by atoms with Crippen LogP contribution in [0.25, 0.3) is 10.9 Å². The van der Waals surface area contributed by atoms with E-state index < -0.39 is 0 Å². The lowest BCUT2D eigenvalue weighted by Gasteiger charge is -2.30. The lowest BCUT2D eigenvalue weighted by atomic mass is 9.93. The summed E-state index contributed by atoms with van der Waals surface area (Å²) in [5, 5.41) is 4.70. The molecule has 0 spiro atoms.